The SMILES string of the molecule is CC(=O)C(C#N)C(=O)c1ccc(C)cc1. The van der Waals surface area contributed by atoms with Gasteiger partial charge >= 0.3 is 0 Å². The van der Waals surface area contributed by atoms with Crippen molar-refractivity contribution < 1.29 is 9.59 Å². The van der Waals surface area contributed by atoms with Gasteiger partial charge < -0.3 is 0 Å². The van der Waals surface area contributed by atoms with Gasteiger partial charge in [0.05, 0.1) is 6.07 Å². The Morgan fingerprint density at radius 1 is 1.27 bits per heavy atom. The number of aryl methyl sites for hydroxylation is 1. The Morgan fingerprint density at radius 2 is 1.80 bits per heavy atom. The van der Waals surface area contributed by atoms with E-state index in [0.29, 0.717) is 5.56 Å². The van der Waals surface area contributed by atoms with Crippen LogP contribution in [0.5, 0.6) is 0 Å². The van der Waals surface area contributed by atoms with Crippen molar-refractivity contribution in [1.82, 2.24) is 0 Å². The number of ketones is 2. The molecule has 0 bridgehead atoms. The molecule has 0 aliphatic carbocycles. The van der Waals surface area contributed by atoms with Gasteiger partial charge in [0.25, 0.3) is 0 Å². The normalized spacial score (nSPS) is 11.5. The number of nitriles is 1. The van der Waals surface area contributed by atoms with Crippen LogP contribution in [-0.2, 0) is 4.79 Å². The van der Waals surface area contributed by atoms with Gasteiger partial charge in [0.15, 0.2) is 17.5 Å². The van der Waals surface area contributed by atoms with E-state index in [9.17, 15) is 9.59 Å². The second-order valence-corrected chi connectivity index (χ2v) is 3.40. The minimum atomic E-state index is -1.17. The molecule has 0 aliphatic rings. The summed E-state index contributed by atoms with van der Waals surface area (Å²) in [5, 5.41) is 8.69. The van der Waals surface area contributed by atoms with E-state index in [2.05, 4.69) is 0 Å². The maximum absolute atomic E-state index is 11.7. The summed E-state index contributed by atoms with van der Waals surface area (Å²) in [6.45, 7) is 3.15. The standard InChI is InChI=1S/C12H11NO2/c1-8-3-5-10(6-4-8)12(15)11(7-13)9(2)14/h3-6,11H,1-2H3. The lowest BCUT2D eigenvalue weighted by atomic mass is 9.95. The third kappa shape index (κ3) is 2.50. The Hall–Kier alpha value is -1.95. The first-order valence-corrected chi connectivity index (χ1v) is 4.57. The molecule has 0 spiro atoms. The zero-order chi connectivity index (χ0) is 11.4. The first-order valence-electron chi connectivity index (χ1n) is 4.57. The Kier molecular flexibility index (Phi) is 3.35. The van der Waals surface area contributed by atoms with Crippen molar-refractivity contribution in [3.05, 3.63) is 35.4 Å². The number of nitrogens with zero attached hydrogens (tertiary/aromatic N) is 1. The summed E-state index contributed by atoms with van der Waals surface area (Å²) in [4.78, 5) is 22.7. The van der Waals surface area contributed by atoms with E-state index in [-0.39, 0.29) is 0 Å². The predicted molar refractivity (Wildman–Crippen MR) is 55.3 cm³/mol. The number of rotatable bonds is 3. The van der Waals surface area contributed by atoms with Crippen molar-refractivity contribution in [2.45, 2.75) is 13.8 Å². The van der Waals surface area contributed by atoms with E-state index in [1.54, 1.807) is 30.3 Å². The molecule has 0 N–H and O–H groups in total. The summed E-state index contributed by atoms with van der Waals surface area (Å²) in [6, 6.07) is 8.53. The molecular weight excluding hydrogens is 190 g/mol. The molecule has 0 aliphatic heterocycles. The molecule has 0 fully saturated rings. The van der Waals surface area contributed by atoms with Gasteiger partial charge in [-0.25, -0.2) is 0 Å². The van der Waals surface area contributed by atoms with Crippen molar-refractivity contribution in [2.75, 3.05) is 0 Å². The first-order chi connectivity index (χ1) is 7.06. The highest BCUT2D eigenvalue weighted by atomic mass is 16.1. The van der Waals surface area contributed by atoms with Crippen LogP contribution < -0.4 is 0 Å². The van der Waals surface area contributed by atoms with Gasteiger partial charge in [-0.2, -0.15) is 5.26 Å². The topological polar surface area (TPSA) is 57.9 Å². The molecule has 0 amide bonds. The minimum Gasteiger partial charge on any atom is -0.298 e. The molecule has 3 nitrogen and oxygen atoms in total. The average Bonchev–Trinajstić information content (AvgIpc) is 2.19. The van der Waals surface area contributed by atoms with Crippen molar-refractivity contribution in [2.24, 2.45) is 5.92 Å². The van der Waals surface area contributed by atoms with Crippen LogP contribution in [0.2, 0.25) is 0 Å². The fourth-order valence-electron chi connectivity index (χ4n) is 1.22. The summed E-state index contributed by atoms with van der Waals surface area (Å²) in [6.07, 6.45) is 0. The molecule has 1 rings (SSSR count). The maximum atomic E-state index is 11.7. The molecule has 0 radical (unpaired) electrons. The van der Waals surface area contributed by atoms with E-state index in [4.69, 9.17) is 5.26 Å². The molecule has 3 heteroatoms. The summed E-state index contributed by atoms with van der Waals surface area (Å²) in [7, 11) is 0. The zero-order valence-electron chi connectivity index (χ0n) is 8.65. The molecule has 1 unspecified atom stereocenters. The molecule has 0 saturated carbocycles. The third-order valence-electron chi connectivity index (χ3n) is 2.13. The number of Topliss-reactive ketones (excluding diaryl/α,β-unsaturated/α-hetero) is 2. The lowest BCUT2D eigenvalue weighted by molar-refractivity contribution is -0.118. The predicted octanol–water partition coefficient (Wildman–Crippen LogP) is 1.91. The first kappa shape index (κ1) is 11.1. The van der Waals surface area contributed by atoms with E-state index in [0.717, 1.165) is 5.56 Å². The van der Waals surface area contributed by atoms with Crippen LogP contribution in [0.4, 0.5) is 0 Å². The van der Waals surface area contributed by atoms with E-state index >= 15 is 0 Å². The van der Waals surface area contributed by atoms with Crippen LogP contribution in [0, 0.1) is 24.2 Å². The van der Waals surface area contributed by atoms with Gasteiger partial charge in [-0.05, 0) is 13.8 Å². The van der Waals surface area contributed by atoms with E-state index < -0.39 is 17.5 Å². The smallest absolute Gasteiger partial charge is 0.187 e. The van der Waals surface area contributed by atoms with E-state index in [1.807, 2.05) is 6.92 Å². The summed E-state index contributed by atoms with van der Waals surface area (Å²) < 4.78 is 0. The average molecular weight is 201 g/mol. The monoisotopic (exact) mass is 201 g/mol. The second kappa shape index (κ2) is 4.52. The molecular formula is C12H11NO2. The third-order valence-corrected chi connectivity index (χ3v) is 2.13. The highest BCUT2D eigenvalue weighted by Crippen LogP contribution is 2.10. The minimum absolute atomic E-state index is 0.405. The quantitative estimate of drug-likeness (QED) is 0.554. The number of carbonyl (C=O) groups is 2. The zero-order valence-corrected chi connectivity index (χ0v) is 8.65. The van der Waals surface area contributed by atoms with Gasteiger partial charge in [-0.3, -0.25) is 9.59 Å². The van der Waals surface area contributed by atoms with Crippen molar-refractivity contribution >= 4 is 11.6 Å². The molecule has 0 aromatic heterocycles. The molecule has 0 heterocycles. The lowest BCUT2D eigenvalue weighted by Gasteiger charge is -2.04. The fourth-order valence-corrected chi connectivity index (χ4v) is 1.22. The second-order valence-electron chi connectivity index (χ2n) is 3.40. The largest absolute Gasteiger partial charge is 0.298 e. The molecule has 0 saturated heterocycles. The van der Waals surface area contributed by atoms with Crippen LogP contribution in [0.3, 0.4) is 0 Å². The summed E-state index contributed by atoms with van der Waals surface area (Å²) >= 11 is 0. The maximum Gasteiger partial charge on any atom is 0.187 e. The Morgan fingerprint density at radius 3 is 2.20 bits per heavy atom. The highest BCUT2D eigenvalue weighted by molar-refractivity contribution is 6.12. The van der Waals surface area contributed by atoms with Crippen LogP contribution in [-0.4, -0.2) is 11.6 Å². The highest BCUT2D eigenvalue weighted by Gasteiger charge is 2.23. The van der Waals surface area contributed by atoms with Gasteiger partial charge in [0, 0.05) is 5.56 Å². The van der Waals surface area contributed by atoms with Crippen LogP contribution in [0.1, 0.15) is 22.8 Å². The fraction of sp³-hybridized carbons (Fsp3) is 0.250. The summed E-state index contributed by atoms with van der Waals surface area (Å²) in [5.74, 6) is -2.01. The van der Waals surface area contributed by atoms with Gasteiger partial charge in [-0.1, -0.05) is 29.8 Å². The Bertz CT molecular complexity index is 426. The van der Waals surface area contributed by atoms with E-state index in [1.165, 1.54) is 6.92 Å². The molecule has 1 aromatic rings. The molecule has 76 valence electrons. The lowest BCUT2D eigenvalue weighted by Crippen LogP contribution is -2.20. The molecule has 1 aromatic carbocycles. The van der Waals surface area contributed by atoms with Crippen LogP contribution in [0.25, 0.3) is 0 Å². The van der Waals surface area contributed by atoms with Crippen LogP contribution in [0.15, 0.2) is 24.3 Å². The van der Waals surface area contributed by atoms with Gasteiger partial charge in [-0.15, -0.1) is 0 Å². The Labute approximate surface area is 88.3 Å². The van der Waals surface area contributed by atoms with Crippen molar-refractivity contribution in [3.63, 3.8) is 0 Å². The number of benzene rings is 1. The van der Waals surface area contributed by atoms with Gasteiger partial charge in [0.2, 0.25) is 0 Å². The van der Waals surface area contributed by atoms with Crippen molar-refractivity contribution in [3.8, 4) is 6.07 Å². The van der Waals surface area contributed by atoms with Gasteiger partial charge in [0.1, 0.15) is 0 Å². The van der Waals surface area contributed by atoms with Crippen molar-refractivity contribution in [1.29, 1.82) is 5.26 Å². The molecule has 1 atom stereocenters. The number of carbonyl (C=O) groups excluding carboxylic acids is 2. The number of hydrogen-bond donors (Lipinski definition) is 0. The number of hydrogen-bond acceptors (Lipinski definition) is 3. The Balaban J connectivity index is 2.99. The van der Waals surface area contributed by atoms with Crippen LogP contribution >= 0.6 is 0 Å². The summed E-state index contributed by atoms with van der Waals surface area (Å²) in [5.41, 5.74) is 1.44. The molecule has 15 heavy (non-hydrogen) atoms.